The van der Waals surface area contributed by atoms with E-state index in [2.05, 4.69) is 46.6 Å². The van der Waals surface area contributed by atoms with Crippen molar-refractivity contribution in [2.45, 2.75) is 32.6 Å². The first-order valence-corrected chi connectivity index (χ1v) is 7.27. The Labute approximate surface area is 116 Å². The van der Waals surface area contributed by atoms with E-state index in [1.54, 1.807) is 11.3 Å². The second-order valence-electron chi connectivity index (χ2n) is 5.15. The predicted molar refractivity (Wildman–Crippen MR) is 80.1 cm³/mol. The van der Waals surface area contributed by atoms with Crippen LogP contribution in [-0.2, 0) is 11.8 Å². The Balaban J connectivity index is 2.10. The number of hydrogen-bond acceptors (Lipinski definition) is 4. The number of aryl methyl sites for hydroxylation is 1. The molecule has 0 spiro atoms. The van der Waals surface area contributed by atoms with E-state index in [0.717, 1.165) is 13.0 Å². The molecule has 0 atom stereocenters. The van der Waals surface area contributed by atoms with Crippen LogP contribution in [0.1, 0.15) is 31.5 Å². The van der Waals surface area contributed by atoms with Gasteiger partial charge in [-0.05, 0) is 11.4 Å². The molecule has 0 saturated heterocycles. The summed E-state index contributed by atoms with van der Waals surface area (Å²) in [5.41, 5.74) is -0.0894. The normalized spacial score (nSPS) is 11.5. The molecule has 19 heavy (non-hydrogen) atoms. The molecule has 102 valence electrons. The summed E-state index contributed by atoms with van der Waals surface area (Å²) >= 11 is 1.75. The molecule has 0 bridgehead atoms. The van der Waals surface area contributed by atoms with Crippen LogP contribution in [0.2, 0.25) is 0 Å². The van der Waals surface area contributed by atoms with Crippen LogP contribution in [-0.4, -0.2) is 16.5 Å². The van der Waals surface area contributed by atoms with Crippen molar-refractivity contribution in [3.63, 3.8) is 0 Å². The lowest BCUT2D eigenvalue weighted by Crippen LogP contribution is -2.27. The van der Waals surface area contributed by atoms with E-state index >= 15 is 0 Å². The minimum atomic E-state index is -0.108. The van der Waals surface area contributed by atoms with E-state index in [4.69, 9.17) is 0 Å². The summed E-state index contributed by atoms with van der Waals surface area (Å²) in [7, 11) is 0. The topological polar surface area (TPSA) is 57.8 Å². The number of nitrogens with zero attached hydrogens (tertiary/aromatic N) is 1. The lowest BCUT2D eigenvalue weighted by atomic mass is 9.91. The Morgan fingerprint density at radius 2 is 2.26 bits per heavy atom. The van der Waals surface area contributed by atoms with E-state index in [0.29, 0.717) is 11.6 Å². The minimum absolute atomic E-state index is 0.0187. The van der Waals surface area contributed by atoms with Gasteiger partial charge in [-0.3, -0.25) is 4.79 Å². The molecular weight excluding hydrogens is 258 g/mol. The molecule has 0 fully saturated rings. The molecule has 4 nitrogen and oxygen atoms in total. The zero-order valence-corrected chi connectivity index (χ0v) is 12.3. The Morgan fingerprint density at radius 1 is 1.47 bits per heavy atom. The Kier molecular flexibility index (Phi) is 4.04. The first-order chi connectivity index (χ1) is 9.01. The number of nitrogens with one attached hydrogen (secondary N) is 2. The van der Waals surface area contributed by atoms with Crippen molar-refractivity contribution in [2.24, 2.45) is 0 Å². The highest BCUT2D eigenvalue weighted by molar-refractivity contribution is 7.10. The zero-order valence-electron chi connectivity index (χ0n) is 11.5. The average molecular weight is 277 g/mol. The number of aromatic nitrogens is 2. The molecule has 0 aliphatic heterocycles. The minimum Gasteiger partial charge on any atom is -0.369 e. The van der Waals surface area contributed by atoms with Gasteiger partial charge in [0.1, 0.15) is 11.6 Å². The van der Waals surface area contributed by atoms with Gasteiger partial charge in [-0.15, -0.1) is 11.3 Å². The molecule has 2 aromatic heterocycles. The van der Waals surface area contributed by atoms with Gasteiger partial charge in [0.25, 0.3) is 5.56 Å². The molecule has 0 aromatic carbocycles. The van der Waals surface area contributed by atoms with Crippen molar-refractivity contribution in [2.75, 3.05) is 11.9 Å². The number of H-pyrrole nitrogens is 1. The summed E-state index contributed by atoms with van der Waals surface area (Å²) in [4.78, 5) is 19.9. The second-order valence-corrected chi connectivity index (χ2v) is 6.09. The quantitative estimate of drug-likeness (QED) is 0.883. The Bertz CT molecular complexity index is 587. The number of thiophene rings is 1. The third-order valence-corrected chi connectivity index (χ3v) is 4.26. The van der Waals surface area contributed by atoms with E-state index in [1.807, 2.05) is 6.92 Å². The van der Waals surface area contributed by atoms with Crippen LogP contribution >= 0.6 is 11.3 Å². The molecule has 0 radical (unpaired) electrons. The van der Waals surface area contributed by atoms with Gasteiger partial charge in [0.15, 0.2) is 0 Å². The van der Waals surface area contributed by atoms with Crippen molar-refractivity contribution in [1.82, 2.24) is 9.97 Å². The van der Waals surface area contributed by atoms with Crippen LogP contribution in [0.15, 0.2) is 28.4 Å². The third-order valence-electron chi connectivity index (χ3n) is 3.03. The number of rotatable bonds is 5. The van der Waals surface area contributed by atoms with Crippen LogP contribution in [0.3, 0.4) is 0 Å². The molecular formula is C14H19N3OS. The third kappa shape index (κ3) is 3.44. The monoisotopic (exact) mass is 277 g/mol. The Hall–Kier alpha value is -1.62. The molecule has 2 rings (SSSR count). The van der Waals surface area contributed by atoms with Crippen molar-refractivity contribution >= 4 is 17.2 Å². The maximum Gasteiger partial charge on any atom is 0.252 e. The van der Waals surface area contributed by atoms with E-state index < -0.39 is 0 Å². The van der Waals surface area contributed by atoms with Crippen molar-refractivity contribution in [3.8, 4) is 0 Å². The van der Waals surface area contributed by atoms with Crippen LogP contribution in [0.4, 0.5) is 5.82 Å². The van der Waals surface area contributed by atoms with Crippen molar-refractivity contribution < 1.29 is 0 Å². The first kappa shape index (κ1) is 13.8. The molecule has 5 heteroatoms. The smallest absolute Gasteiger partial charge is 0.252 e. The summed E-state index contributed by atoms with van der Waals surface area (Å²) < 4.78 is 0. The summed E-state index contributed by atoms with van der Waals surface area (Å²) in [6.07, 6.45) is 0.721. The van der Waals surface area contributed by atoms with Gasteiger partial charge < -0.3 is 10.3 Å². The lowest BCUT2D eigenvalue weighted by Gasteiger charge is -2.24. The molecule has 2 heterocycles. The zero-order chi connectivity index (χ0) is 13.9. The predicted octanol–water partition coefficient (Wildman–Crippen LogP) is 2.78. The van der Waals surface area contributed by atoms with E-state index in [-0.39, 0.29) is 11.0 Å². The summed E-state index contributed by atoms with van der Waals surface area (Å²) in [5.74, 6) is 1.36. The van der Waals surface area contributed by atoms with Crippen LogP contribution in [0.5, 0.6) is 0 Å². The van der Waals surface area contributed by atoms with Gasteiger partial charge in [0.05, 0.1) is 0 Å². The first-order valence-electron chi connectivity index (χ1n) is 6.39. The van der Waals surface area contributed by atoms with E-state index in [9.17, 15) is 4.79 Å². The fourth-order valence-electron chi connectivity index (χ4n) is 1.83. The highest BCUT2D eigenvalue weighted by atomic mass is 32.1. The maximum absolute atomic E-state index is 11.5. The highest BCUT2D eigenvalue weighted by Gasteiger charge is 2.21. The number of hydrogen-bond donors (Lipinski definition) is 2. The molecule has 0 aliphatic rings. The van der Waals surface area contributed by atoms with Crippen LogP contribution < -0.4 is 10.9 Å². The fourth-order valence-corrected chi connectivity index (χ4v) is 2.68. The number of anilines is 1. The van der Waals surface area contributed by atoms with Gasteiger partial charge in [-0.25, -0.2) is 4.98 Å². The van der Waals surface area contributed by atoms with E-state index in [1.165, 1.54) is 10.9 Å². The lowest BCUT2D eigenvalue weighted by molar-refractivity contribution is 0.568. The largest absolute Gasteiger partial charge is 0.369 e. The summed E-state index contributed by atoms with van der Waals surface area (Å²) in [6.45, 7) is 7.07. The molecule has 2 aromatic rings. The van der Waals surface area contributed by atoms with Crippen LogP contribution in [0, 0.1) is 0 Å². The highest BCUT2D eigenvalue weighted by Crippen LogP contribution is 2.27. The van der Waals surface area contributed by atoms with Gasteiger partial charge in [0.2, 0.25) is 0 Å². The summed E-state index contributed by atoms with van der Waals surface area (Å²) in [6, 6.07) is 5.70. The van der Waals surface area contributed by atoms with Crippen molar-refractivity contribution in [3.05, 3.63) is 44.6 Å². The second kappa shape index (κ2) is 5.57. The number of aromatic amines is 1. The standard InChI is InChI=1S/C14H19N3OS/c1-4-11-16-12(8-13(18)17-11)15-9-14(2,3)10-6-5-7-19-10/h5-8H,4,9H2,1-3H3,(H2,15,16,17,18). The maximum atomic E-state index is 11.5. The Morgan fingerprint density at radius 3 is 2.89 bits per heavy atom. The van der Waals surface area contributed by atoms with Gasteiger partial charge >= 0.3 is 0 Å². The van der Waals surface area contributed by atoms with Crippen molar-refractivity contribution in [1.29, 1.82) is 0 Å². The van der Waals surface area contributed by atoms with Gasteiger partial charge in [-0.1, -0.05) is 26.8 Å². The van der Waals surface area contributed by atoms with Gasteiger partial charge in [0, 0.05) is 29.3 Å². The SMILES string of the molecule is CCc1nc(NCC(C)(C)c2cccs2)cc(=O)[nH]1. The average Bonchev–Trinajstić information content (AvgIpc) is 2.90. The summed E-state index contributed by atoms with van der Waals surface area (Å²) in [5, 5.41) is 5.35. The molecule has 0 unspecified atom stereocenters. The van der Waals surface area contributed by atoms with Gasteiger partial charge in [-0.2, -0.15) is 0 Å². The molecule has 0 aliphatic carbocycles. The fraction of sp³-hybridized carbons (Fsp3) is 0.429. The van der Waals surface area contributed by atoms with Crippen LogP contribution in [0.25, 0.3) is 0 Å². The molecule has 0 saturated carbocycles. The molecule has 2 N–H and O–H groups in total. The molecule has 0 amide bonds.